The van der Waals surface area contributed by atoms with Gasteiger partial charge in [-0.25, -0.2) is 0 Å². The van der Waals surface area contributed by atoms with E-state index in [1.807, 2.05) is 97.1 Å². The highest BCUT2D eigenvalue weighted by molar-refractivity contribution is 8.18. The third-order valence-corrected chi connectivity index (χ3v) is 7.72. The molecule has 0 saturated carbocycles. The fraction of sp³-hybridized carbons (Fsp3) is 0.0606. The van der Waals surface area contributed by atoms with Crippen molar-refractivity contribution in [2.45, 2.75) is 13.2 Å². The maximum Gasteiger partial charge on any atom is 0.293 e. The lowest BCUT2D eigenvalue weighted by molar-refractivity contribution is -0.123. The van der Waals surface area contributed by atoms with E-state index in [4.69, 9.17) is 4.74 Å². The van der Waals surface area contributed by atoms with Crippen LogP contribution >= 0.6 is 11.8 Å². The molecule has 6 heteroatoms. The second-order valence-electron chi connectivity index (χ2n) is 9.16. The summed E-state index contributed by atoms with van der Waals surface area (Å²) in [7, 11) is 0. The number of amides is 2. The Hall–Kier alpha value is -4.86. The summed E-state index contributed by atoms with van der Waals surface area (Å²) in [6, 6.07) is 35.0. The van der Waals surface area contributed by atoms with Crippen LogP contribution in [0.25, 0.3) is 27.6 Å². The van der Waals surface area contributed by atoms with Crippen molar-refractivity contribution in [3.05, 3.63) is 130 Å². The quantitative estimate of drug-likeness (QED) is 0.212. The number of ether oxygens (including phenoxy) is 1. The summed E-state index contributed by atoms with van der Waals surface area (Å²) in [6.45, 7) is 0.401. The SMILES string of the molecule is N#Cc1ccccc1COc1ccc2ccccc2c1/C=C1/SC(=O)N(Cc2cccc3ccccc23)C1=O. The van der Waals surface area contributed by atoms with E-state index < -0.39 is 0 Å². The van der Waals surface area contributed by atoms with Crippen LogP contribution in [0.2, 0.25) is 0 Å². The highest BCUT2D eigenvalue weighted by Crippen LogP contribution is 2.38. The molecular weight excluding hydrogens is 504 g/mol. The first kappa shape index (κ1) is 24.5. The zero-order valence-corrected chi connectivity index (χ0v) is 21.7. The number of hydrogen-bond donors (Lipinski definition) is 0. The average Bonchev–Trinajstić information content (AvgIpc) is 3.24. The maximum atomic E-state index is 13.5. The standard InChI is InChI=1S/C33H22N2O3S/c34-19-24-10-1-2-11-26(24)21-38-30-17-16-23-9-4-6-15-28(23)29(30)18-31-32(36)35(33(37)39-31)20-25-13-7-12-22-8-3-5-14-27(22)25/h1-18H,20-21H2/b31-18+. The van der Waals surface area contributed by atoms with Gasteiger partial charge in [-0.3, -0.25) is 14.5 Å². The van der Waals surface area contributed by atoms with Gasteiger partial charge in [0, 0.05) is 11.1 Å². The molecule has 6 rings (SSSR count). The number of nitrogens with zero attached hydrogens (tertiary/aromatic N) is 2. The van der Waals surface area contributed by atoms with E-state index in [1.165, 1.54) is 4.90 Å². The van der Waals surface area contributed by atoms with E-state index in [0.29, 0.717) is 16.2 Å². The highest BCUT2D eigenvalue weighted by atomic mass is 32.2. The molecule has 0 bridgehead atoms. The molecule has 0 N–H and O–H groups in total. The molecule has 0 radical (unpaired) electrons. The summed E-state index contributed by atoms with van der Waals surface area (Å²) in [5.74, 6) is 0.244. The molecule has 0 unspecified atom stereocenters. The van der Waals surface area contributed by atoms with Gasteiger partial charge >= 0.3 is 0 Å². The van der Waals surface area contributed by atoms with Crippen LogP contribution in [-0.2, 0) is 17.9 Å². The zero-order chi connectivity index (χ0) is 26.8. The zero-order valence-electron chi connectivity index (χ0n) is 20.8. The Morgan fingerprint density at radius 2 is 1.44 bits per heavy atom. The molecule has 0 spiro atoms. The van der Waals surface area contributed by atoms with E-state index in [-0.39, 0.29) is 24.3 Å². The third kappa shape index (κ3) is 4.76. The fourth-order valence-corrected chi connectivity index (χ4v) is 5.65. The fourth-order valence-electron chi connectivity index (χ4n) is 4.83. The van der Waals surface area contributed by atoms with Crippen LogP contribution in [0.4, 0.5) is 4.79 Å². The predicted octanol–water partition coefficient (Wildman–Crippen LogP) is 7.68. The Bertz CT molecular complexity index is 1830. The molecular formula is C33H22N2O3S. The van der Waals surface area contributed by atoms with Gasteiger partial charge < -0.3 is 4.74 Å². The van der Waals surface area contributed by atoms with Crippen LogP contribution in [0.15, 0.2) is 108 Å². The van der Waals surface area contributed by atoms with E-state index in [0.717, 1.165) is 50.0 Å². The number of fused-ring (bicyclic) bond motifs is 2. The Morgan fingerprint density at radius 1 is 0.769 bits per heavy atom. The van der Waals surface area contributed by atoms with Crippen molar-refractivity contribution < 1.29 is 14.3 Å². The molecule has 0 atom stereocenters. The van der Waals surface area contributed by atoms with E-state index >= 15 is 0 Å². The molecule has 188 valence electrons. The van der Waals surface area contributed by atoms with Gasteiger partial charge in [0.1, 0.15) is 12.4 Å². The molecule has 2 amide bonds. The van der Waals surface area contributed by atoms with Crippen molar-refractivity contribution in [2.24, 2.45) is 0 Å². The van der Waals surface area contributed by atoms with Crippen molar-refractivity contribution >= 4 is 50.5 Å². The van der Waals surface area contributed by atoms with Crippen LogP contribution in [-0.4, -0.2) is 16.0 Å². The highest BCUT2D eigenvalue weighted by Gasteiger charge is 2.35. The summed E-state index contributed by atoms with van der Waals surface area (Å²) in [6.07, 6.45) is 1.75. The number of imide groups is 1. The maximum absolute atomic E-state index is 13.5. The van der Waals surface area contributed by atoms with Crippen LogP contribution in [0, 0.1) is 11.3 Å². The predicted molar refractivity (Wildman–Crippen MR) is 155 cm³/mol. The Labute approximate surface area is 229 Å². The van der Waals surface area contributed by atoms with Gasteiger partial charge in [0.05, 0.1) is 23.1 Å². The summed E-state index contributed by atoms with van der Waals surface area (Å²) >= 11 is 0.939. The molecule has 0 aromatic heterocycles. The Morgan fingerprint density at radius 3 is 2.26 bits per heavy atom. The van der Waals surface area contributed by atoms with E-state index in [9.17, 15) is 14.9 Å². The second-order valence-corrected chi connectivity index (χ2v) is 10.2. The van der Waals surface area contributed by atoms with Gasteiger partial charge in [-0.15, -0.1) is 0 Å². The molecule has 1 heterocycles. The number of rotatable bonds is 6. The molecule has 1 fully saturated rings. The van der Waals surface area contributed by atoms with Crippen LogP contribution in [0.5, 0.6) is 5.75 Å². The molecule has 39 heavy (non-hydrogen) atoms. The first-order valence-corrected chi connectivity index (χ1v) is 13.3. The number of thioether (sulfide) groups is 1. The number of carbonyl (C=O) groups excluding carboxylic acids is 2. The molecule has 5 aromatic rings. The van der Waals surface area contributed by atoms with Crippen molar-refractivity contribution in [3.63, 3.8) is 0 Å². The van der Waals surface area contributed by atoms with Gasteiger partial charge in [0.2, 0.25) is 0 Å². The lowest BCUT2D eigenvalue weighted by Crippen LogP contribution is -2.27. The van der Waals surface area contributed by atoms with Gasteiger partial charge in [-0.2, -0.15) is 5.26 Å². The number of benzene rings is 5. The van der Waals surface area contributed by atoms with E-state index in [2.05, 4.69) is 6.07 Å². The smallest absolute Gasteiger partial charge is 0.293 e. The molecule has 5 aromatic carbocycles. The van der Waals surface area contributed by atoms with Gasteiger partial charge in [0.25, 0.3) is 11.1 Å². The molecule has 5 nitrogen and oxygen atoms in total. The number of carbonyl (C=O) groups is 2. The molecule has 1 aliphatic rings. The minimum Gasteiger partial charge on any atom is -0.488 e. The Kier molecular flexibility index (Phi) is 6.58. The summed E-state index contributed by atoms with van der Waals surface area (Å²) < 4.78 is 6.20. The van der Waals surface area contributed by atoms with Gasteiger partial charge in [-0.05, 0) is 57.1 Å². The summed E-state index contributed by atoms with van der Waals surface area (Å²) in [5, 5.41) is 13.1. The Balaban J connectivity index is 1.35. The minimum absolute atomic E-state index is 0.200. The first-order chi connectivity index (χ1) is 19.1. The average molecular weight is 527 g/mol. The monoisotopic (exact) mass is 526 g/mol. The van der Waals surface area contributed by atoms with Crippen molar-refractivity contribution in [1.82, 2.24) is 4.90 Å². The topological polar surface area (TPSA) is 70.4 Å². The summed E-state index contributed by atoms with van der Waals surface area (Å²) in [5.41, 5.74) is 2.96. The lowest BCUT2D eigenvalue weighted by atomic mass is 10.0. The molecule has 1 saturated heterocycles. The minimum atomic E-state index is -0.327. The number of nitriles is 1. The van der Waals surface area contributed by atoms with E-state index in [1.54, 1.807) is 12.1 Å². The van der Waals surface area contributed by atoms with Crippen LogP contribution < -0.4 is 4.74 Å². The molecule has 1 aliphatic heterocycles. The van der Waals surface area contributed by atoms with Crippen molar-refractivity contribution in [3.8, 4) is 11.8 Å². The molecule has 0 aliphatic carbocycles. The largest absolute Gasteiger partial charge is 0.488 e. The van der Waals surface area contributed by atoms with Gasteiger partial charge in [-0.1, -0.05) is 91.0 Å². The number of hydrogen-bond acceptors (Lipinski definition) is 5. The van der Waals surface area contributed by atoms with Crippen LogP contribution in [0.1, 0.15) is 22.3 Å². The van der Waals surface area contributed by atoms with Gasteiger partial charge in [0.15, 0.2) is 0 Å². The first-order valence-electron chi connectivity index (χ1n) is 12.5. The second kappa shape index (κ2) is 10.5. The van der Waals surface area contributed by atoms with Crippen LogP contribution in [0.3, 0.4) is 0 Å². The summed E-state index contributed by atoms with van der Waals surface area (Å²) in [4.78, 5) is 28.2. The lowest BCUT2D eigenvalue weighted by Gasteiger charge is -2.15. The third-order valence-electron chi connectivity index (χ3n) is 6.81. The van der Waals surface area contributed by atoms with Crippen molar-refractivity contribution in [1.29, 1.82) is 5.26 Å². The van der Waals surface area contributed by atoms with Crippen molar-refractivity contribution in [2.75, 3.05) is 0 Å². The normalized spacial score (nSPS) is 14.3.